The summed E-state index contributed by atoms with van der Waals surface area (Å²) in [6, 6.07) is 9.50. The van der Waals surface area contributed by atoms with Crippen molar-refractivity contribution in [2.24, 2.45) is 0 Å². The molecule has 0 saturated heterocycles. The lowest BCUT2D eigenvalue weighted by Crippen LogP contribution is -1.93. The van der Waals surface area contributed by atoms with Gasteiger partial charge in [0.25, 0.3) is 0 Å². The molecule has 0 amide bonds. The second kappa shape index (κ2) is 5.06. The summed E-state index contributed by atoms with van der Waals surface area (Å²) in [6.07, 6.45) is 3.68. The van der Waals surface area contributed by atoms with E-state index in [2.05, 4.69) is 4.98 Å². The smallest absolute Gasteiger partial charge is 0.160 e. The number of pyridine rings is 1. The molecule has 0 unspecified atom stereocenters. The van der Waals surface area contributed by atoms with Crippen LogP contribution in [0.4, 0.5) is 5.69 Å². The number of benzene rings is 1. The zero-order valence-electron chi connectivity index (χ0n) is 11.0. The molecule has 2 heterocycles. The molecule has 0 fully saturated rings. The van der Waals surface area contributed by atoms with Crippen LogP contribution in [0.15, 0.2) is 42.7 Å². The van der Waals surface area contributed by atoms with E-state index < -0.39 is 0 Å². The molecule has 102 valence electrons. The van der Waals surface area contributed by atoms with Gasteiger partial charge in [0.05, 0.1) is 23.0 Å². The fourth-order valence-electron chi connectivity index (χ4n) is 2.18. The first-order chi connectivity index (χ1) is 9.69. The zero-order valence-corrected chi connectivity index (χ0v) is 11.8. The largest absolute Gasteiger partial charge is 0.493 e. The predicted octanol–water partition coefficient (Wildman–Crippen LogP) is 3.64. The van der Waals surface area contributed by atoms with Gasteiger partial charge in [0, 0.05) is 18.0 Å². The Morgan fingerprint density at radius 1 is 1.30 bits per heavy atom. The molecule has 20 heavy (non-hydrogen) atoms. The molecule has 0 spiro atoms. The fourth-order valence-corrected chi connectivity index (χ4v) is 2.40. The summed E-state index contributed by atoms with van der Waals surface area (Å²) in [5, 5.41) is 0.581. The normalized spacial score (nSPS) is 10.9. The van der Waals surface area contributed by atoms with Crippen LogP contribution in [0.1, 0.15) is 6.92 Å². The highest BCUT2D eigenvalue weighted by Crippen LogP contribution is 2.30. The van der Waals surface area contributed by atoms with Crippen LogP contribution in [0.25, 0.3) is 16.9 Å². The van der Waals surface area contributed by atoms with E-state index in [1.807, 2.05) is 41.8 Å². The second-order valence-electron chi connectivity index (χ2n) is 4.40. The van der Waals surface area contributed by atoms with Crippen LogP contribution in [0.3, 0.4) is 0 Å². The molecule has 2 N–H and O–H groups in total. The van der Waals surface area contributed by atoms with Crippen LogP contribution in [0, 0.1) is 0 Å². The van der Waals surface area contributed by atoms with Crippen LogP contribution < -0.4 is 10.5 Å². The molecule has 1 aromatic carbocycles. The van der Waals surface area contributed by atoms with Crippen LogP contribution in [0.5, 0.6) is 5.75 Å². The van der Waals surface area contributed by atoms with Crippen molar-refractivity contribution in [1.29, 1.82) is 0 Å². The van der Waals surface area contributed by atoms with Crippen molar-refractivity contribution in [3.63, 3.8) is 0 Å². The van der Waals surface area contributed by atoms with Gasteiger partial charge in [-0.1, -0.05) is 23.7 Å². The number of hydrogen-bond acceptors (Lipinski definition) is 3. The zero-order chi connectivity index (χ0) is 14.1. The summed E-state index contributed by atoms with van der Waals surface area (Å²) in [5.41, 5.74) is 8.94. The molecule has 0 saturated carbocycles. The van der Waals surface area contributed by atoms with Gasteiger partial charge in [-0.2, -0.15) is 0 Å². The van der Waals surface area contributed by atoms with Gasteiger partial charge in [-0.3, -0.25) is 0 Å². The summed E-state index contributed by atoms with van der Waals surface area (Å²) in [6.45, 7) is 2.57. The maximum absolute atomic E-state index is 6.01. The molecule has 0 atom stereocenters. The summed E-state index contributed by atoms with van der Waals surface area (Å²) in [4.78, 5) is 4.57. The van der Waals surface area contributed by atoms with Crippen LogP contribution in [0.2, 0.25) is 5.02 Å². The standard InChI is InChI=1S/C15H14ClN3O/c1-2-20-14-6-4-3-5-11(14)13-9-19-8-10(16)7-12(17)15(19)18-13/h3-9H,2,17H2,1H3. The van der Waals surface area contributed by atoms with E-state index in [9.17, 15) is 0 Å². The number of nitrogen functional groups attached to an aromatic ring is 1. The molecule has 4 nitrogen and oxygen atoms in total. The van der Waals surface area contributed by atoms with Crippen LogP contribution >= 0.6 is 11.6 Å². The van der Waals surface area contributed by atoms with Crippen molar-refractivity contribution < 1.29 is 4.74 Å². The SMILES string of the molecule is CCOc1ccccc1-c1cn2cc(Cl)cc(N)c2n1. The van der Waals surface area contributed by atoms with E-state index in [1.165, 1.54) is 0 Å². The first-order valence-corrected chi connectivity index (χ1v) is 6.72. The summed E-state index contributed by atoms with van der Waals surface area (Å²) >= 11 is 6.01. The number of anilines is 1. The molecule has 3 rings (SSSR count). The Balaban J connectivity index is 2.18. The molecular formula is C15H14ClN3O. The molecule has 0 aliphatic carbocycles. The molecular weight excluding hydrogens is 274 g/mol. The highest BCUT2D eigenvalue weighted by molar-refractivity contribution is 6.30. The highest BCUT2D eigenvalue weighted by atomic mass is 35.5. The van der Waals surface area contributed by atoms with Gasteiger partial charge in [-0.05, 0) is 25.1 Å². The highest BCUT2D eigenvalue weighted by Gasteiger charge is 2.11. The van der Waals surface area contributed by atoms with Gasteiger partial charge in [0.1, 0.15) is 5.75 Å². The third-order valence-corrected chi connectivity index (χ3v) is 3.22. The number of rotatable bonds is 3. The Morgan fingerprint density at radius 2 is 2.10 bits per heavy atom. The van der Waals surface area contributed by atoms with Gasteiger partial charge < -0.3 is 14.9 Å². The predicted molar refractivity (Wildman–Crippen MR) is 81.2 cm³/mol. The number of fused-ring (bicyclic) bond motifs is 1. The number of imidazole rings is 1. The number of para-hydroxylation sites is 1. The molecule has 0 radical (unpaired) electrons. The minimum Gasteiger partial charge on any atom is -0.493 e. The van der Waals surface area contributed by atoms with Gasteiger partial charge in [0.2, 0.25) is 0 Å². The minimum absolute atomic E-state index is 0.553. The van der Waals surface area contributed by atoms with E-state index in [1.54, 1.807) is 12.3 Å². The number of hydrogen-bond donors (Lipinski definition) is 1. The lowest BCUT2D eigenvalue weighted by molar-refractivity contribution is 0.341. The summed E-state index contributed by atoms with van der Waals surface area (Å²) in [5.74, 6) is 0.808. The van der Waals surface area contributed by atoms with Crippen molar-refractivity contribution in [3.05, 3.63) is 47.7 Å². The first kappa shape index (κ1) is 12.8. The van der Waals surface area contributed by atoms with Crippen molar-refractivity contribution in [1.82, 2.24) is 9.38 Å². The Bertz CT molecular complexity index is 767. The monoisotopic (exact) mass is 287 g/mol. The molecule has 3 aromatic rings. The van der Waals surface area contributed by atoms with Gasteiger partial charge >= 0.3 is 0 Å². The van der Waals surface area contributed by atoms with E-state index in [0.717, 1.165) is 17.0 Å². The Morgan fingerprint density at radius 3 is 2.90 bits per heavy atom. The number of aromatic nitrogens is 2. The van der Waals surface area contributed by atoms with Gasteiger partial charge in [-0.15, -0.1) is 0 Å². The minimum atomic E-state index is 0.553. The topological polar surface area (TPSA) is 52.5 Å². The van der Waals surface area contributed by atoms with Crippen molar-refractivity contribution in [3.8, 4) is 17.0 Å². The van der Waals surface area contributed by atoms with E-state index in [-0.39, 0.29) is 0 Å². The molecule has 0 aliphatic heterocycles. The lowest BCUT2D eigenvalue weighted by atomic mass is 10.1. The summed E-state index contributed by atoms with van der Waals surface area (Å²) in [7, 11) is 0. The number of nitrogens with two attached hydrogens (primary N) is 1. The van der Waals surface area contributed by atoms with Crippen LogP contribution in [-0.2, 0) is 0 Å². The number of ether oxygens (including phenoxy) is 1. The third-order valence-electron chi connectivity index (χ3n) is 3.01. The molecule has 2 aromatic heterocycles. The fraction of sp³-hybridized carbons (Fsp3) is 0.133. The van der Waals surface area contributed by atoms with E-state index in [0.29, 0.717) is 23.0 Å². The van der Waals surface area contributed by atoms with E-state index >= 15 is 0 Å². The maximum Gasteiger partial charge on any atom is 0.160 e. The Labute approximate surface area is 121 Å². The van der Waals surface area contributed by atoms with Crippen molar-refractivity contribution >= 4 is 22.9 Å². The first-order valence-electron chi connectivity index (χ1n) is 6.35. The molecule has 0 aliphatic rings. The third kappa shape index (κ3) is 2.18. The average molecular weight is 288 g/mol. The van der Waals surface area contributed by atoms with Crippen molar-refractivity contribution in [2.45, 2.75) is 6.92 Å². The average Bonchev–Trinajstić information content (AvgIpc) is 2.83. The van der Waals surface area contributed by atoms with E-state index in [4.69, 9.17) is 22.1 Å². The van der Waals surface area contributed by atoms with Gasteiger partial charge in [0.15, 0.2) is 5.65 Å². The summed E-state index contributed by atoms with van der Waals surface area (Å²) < 4.78 is 7.46. The number of nitrogens with zero attached hydrogens (tertiary/aromatic N) is 2. The lowest BCUT2D eigenvalue weighted by Gasteiger charge is -2.07. The second-order valence-corrected chi connectivity index (χ2v) is 4.84. The quantitative estimate of drug-likeness (QED) is 0.800. The molecule has 0 bridgehead atoms. The Hall–Kier alpha value is -2.20. The van der Waals surface area contributed by atoms with Crippen molar-refractivity contribution in [2.75, 3.05) is 12.3 Å². The Kier molecular flexibility index (Phi) is 3.24. The van der Waals surface area contributed by atoms with Gasteiger partial charge in [-0.25, -0.2) is 4.98 Å². The number of halogens is 1. The maximum atomic E-state index is 6.01. The van der Waals surface area contributed by atoms with Crippen LogP contribution in [-0.4, -0.2) is 16.0 Å². The molecule has 5 heteroatoms.